The van der Waals surface area contributed by atoms with Crippen molar-refractivity contribution in [3.05, 3.63) is 48.6 Å². The minimum atomic E-state index is -0.935. The lowest BCUT2D eigenvalue weighted by Gasteiger charge is -2.07. The van der Waals surface area contributed by atoms with Crippen LogP contribution in [0.4, 0.5) is 0 Å². The van der Waals surface area contributed by atoms with Gasteiger partial charge in [0.05, 0.1) is 0 Å². The van der Waals surface area contributed by atoms with E-state index >= 15 is 0 Å². The zero-order valence-electron chi connectivity index (χ0n) is 19.7. The van der Waals surface area contributed by atoms with E-state index in [0.717, 1.165) is 0 Å². The van der Waals surface area contributed by atoms with Crippen molar-refractivity contribution in [2.75, 3.05) is 19.8 Å². The van der Waals surface area contributed by atoms with Crippen LogP contribution >= 0.6 is 0 Å². The molecule has 7 N–H and O–H groups in total. The first-order chi connectivity index (χ1) is 14.9. The summed E-state index contributed by atoms with van der Waals surface area (Å²) in [6.45, 7) is 18.6. The number of carboxylic acid groups (broad SMARTS) is 4. The van der Waals surface area contributed by atoms with Crippen molar-refractivity contribution in [2.45, 2.75) is 40.5 Å². The lowest BCUT2D eigenvalue weighted by molar-refractivity contribution is -0.133. The second-order valence-electron chi connectivity index (χ2n) is 6.44. The summed E-state index contributed by atoms with van der Waals surface area (Å²) in [5, 5.41) is 56.9. The average Bonchev–Trinajstić information content (AvgIpc) is 2.70. The van der Waals surface area contributed by atoms with Crippen LogP contribution in [0.5, 0.6) is 0 Å². The molecule has 0 aliphatic heterocycles. The molecule has 0 aliphatic carbocycles. The summed E-state index contributed by atoms with van der Waals surface area (Å²) in [5.74, 6) is -3.79. The second-order valence-corrected chi connectivity index (χ2v) is 6.44. The van der Waals surface area contributed by atoms with Crippen LogP contribution in [0.15, 0.2) is 48.6 Å². The molecule has 0 spiro atoms. The molecule has 0 atom stereocenters. The zero-order valence-corrected chi connectivity index (χ0v) is 19.7. The lowest BCUT2D eigenvalue weighted by Crippen LogP contribution is -2.11. The van der Waals surface area contributed by atoms with Crippen molar-refractivity contribution in [1.29, 1.82) is 0 Å². The van der Waals surface area contributed by atoms with Crippen molar-refractivity contribution in [3.63, 3.8) is 0 Å². The number of hydrogen-bond acceptors (Lipinski definition) is 7. The molecule has 0 radical (unpaired) electrons. The summed E-state index contributed by atoms with van der Waals surface area (Å²) in [5.41, 5.74) is 0.704. The summed E-state index contributed by atoms with van der Waals surface area (Å²) in [4.78, 5) is 38.4. The van der Waals surface area contributed by atoms with Crippen LogP contribution in [0.25, 0.3) is 0 Å². The third-order valence-corrected chi connectivity index (χ3v) is 2.75. The highest BCUT2D eigenvalue weighted by atomic mass is 16.4. The highest BCUT2D eigenvalue weighted by Crippen LogP contribution is 2.02. The van der Waals surface area contributed by atoms with Gasteiger partial charge in [-0.25, -0.2) is 19.2 Å². The predicted octanol–water partition coefficient (Wildman–Crippen LogP) is 1.95. The van der Waals surface area contributed by atoms with Gasteiger partial charge in [-0.3, -0.25) is 0 Å². The van der Waals surface area contributed by atoms with E-state index in [1.54, 1.807) is 0 Å². The largest absolute Gasteiger partial charge is 0.478 e. The molecule has 0 aromatic heterocycles. The molecule has 0 heterocycles. The molecule has 0 saturated carbocycles. The summed E-state index contributed by atoms with van der Waals surface area (Å²) in [7, 11) is 0. The Morgan fingerprint density at radius 1 is 0.576 bits per heavy atom. The van der Waals surface area contributed by atoms with Crippen LogP contribution in [0.1, 0.15) is 40.5 Å². The van der Waals surface area contributed by atoms with E-state index in [9.17, 15) is 19.2 Å². The smallest absolute Gasteiger partial charge is 0.330 e. The number of aliphatic hydroxyl groups is 3. The number of carbonyl (C=O) groups is 4. The molecule has 0 rings (SSSR count). The van der Waals surface area contributed by atoms with E-state index in [1.165, 1.54) is 27.7 Å². The summed E-state index contributed by atoms with van der Waals surface area (Å²) >= 11 is 0. The van der Waals surface area contributed by atoms with Gasteiger partial charge >= 0.3 is 23.9 Å². The molecule has 0 aliphatic rings. The van der Waals surface area contributed by atoms with Crippen LogP contribution in [0.3, 0.4) is 0 Å². The monoisotopic (exact) mass is 478 g/mol. The Kier molecular flexibility index (Phi) is 32.5. The molecule has 11 heteroatoms. The van der Waals surface area contributed by atoms with Gasteiger partial charge in [0.25, 0.3) is 0 Å². The van der Waals surface area contributed by atoms with Crippen molar-refractivity contribution < 1.29 is 54.9 Å². The molecular formula is C22H38O11. The van der Waals surface area contributed by atoms with Gasteiger partial charge in [-0.15, -0.1) is 0 Å². The minimum absolute atomic E-state index is 0.0104. The van der Waals surface area contributed by atoms with E-state index < -0.39 is 23.9 Å². The molecular weight excluding hydrogens is 440 g/mol. The maximum atomic E-state index is 9.60. The summed E-state index contributed by atoms with van der Waals surface area (Å²) < 4.78 is 0. The Morgan fingerprint density at radius 2 is 0.758 bits per heavy atom. The first kappa shape index (κ1) is 40.1. The van der Waals surface area contributed by atoms with Crippen molar-refractivity contribution in [3.8, 4) is 0 Å². The van der Waals surface area contributed by atoms with Gasteiger partial charge in [-0.1, -0.05) is 26.3 Å². The molecule has 0 saturated heterocycles. The van der Waals surface area contributed by atoms with Crippen molar-refractivity contribution >= 4 is 23.9 Å². The average molecular weight is 479 g/mol. The van der Waals surface area contributed by atoms with Crippen LogP contribution in [-0.2, 0) is 19.2 Å². The SMILES string of the molecule is C=C(C)C(=O)O.C=C(C)C(=O)O.C=C(C)C(=O)O.C=C(C)C(=O)O.OCCCC(CO)CO. The highest BCUT2D eigenvalue weighted by molar-refractivity contribution is 5.85. The Balaban J connectivity index is -0.000000100. The Bertz CT molecular complexity index is 501. The Hall–Kier alpha value is -3.28. The standard InChI is InChI=1S/C6H14O3.4C4H6O2/c7-3-1-2-6(4-8)5-9;4*1-3(2)4(5)6/h6-9H,1-5H2;4*1H2,2H3,(H,5,6). The van der Waals surface area contributed by atoms with Gasteiger partial charge < -0.3 is 35.7 Å². The van der Waals surface area contributed by atoms with E-state index in [0.29, 0.717) is 12.8 Å². The molecule has 0 fully saturated rings. The number of aliphatic hydroxyl groups excluding tert-OH is 3. The molecule has 0 amide bonds. The lowest BCUT2D eigenvalue weighted by atomic mass is 10.1. The van der Waals surface area contributed by atoms with Gasteiger partial charge in [-0.05, 0) is 40.5 Å². The zero-order chi connectivity index (χ0) is 27.7. The van der Waals surface area contributed by atoms with Gasteiger partial charge in [-0.2, -0.15) is 0 Å². The molecule has 0 unspecified atom stereocenters. The topological polar surface area (TPSA) is 210 Å². The molecule has 11 nitrogen and oxygen atoms in total. The Morgan fingerprint density at radius 3 is 0.848 bits per heavy atom. The second kappa shape index (κ2) is 26.8. The van der Waals surface area contributed by atoms with Crippen LogP contribution in [-0.4, -0.2) is 79.4 Å². The number of rotatable bonds is 9. The van der Waals surface area contributed by atoms with Crippen molar-refractivity contribution in [2.24, 2.45) is 5.92 Å². The fourth-order valence-corrected chi connectivity index (χ4v) is 0.620. The minimum Gasteiger partial charge on any atom is -0.478 e. The van der Waals surface area contributed by atoms with E-state index in [-0.39, 0.29) is 48.0 Å². The molecule has 0 aromatic rings. The maximum absolute atomic E-state index is 9.60. The number of aliphatic carboxylic acids is 4. The van der Waals surface area contributed by atoms with Gasteiger partial charge in [0, 0.05) is 48.0 Å². The van der Waals surface area contributed by atoms with E-state index in [1.807, 2.05) is 0 Å². The van der Waals surface area contributed by atoms with E-state index in [2.05, 4.69) is 26.3 Å². The molecule has 0 bridgehead atoms. The Labute approximate surface area is 194 Å². The first-order valence-corrected chi connectivity index (χ1v) is 9.30. The van der Waals surface area contributed by atoms with Gasteiger partial charge in [0.15, 0.2) is 0 Å². The third-order valence-electron chi connectivity index (χ3n) is 2.75. The number of hydrogen-bond donors (Lipinski definition) is 7. The predicted molar refractivity (Wildman–Crippen MR) is 124 cm³/mol. The number of carboxylic acids is 4. The van der Waals surface area contributed by atoms with E-state index in [4.69, 9.17) is 35.7 Å². The normalized spacial score (nSPS) is 8.36. The maximum Gasteiger partial charge on any atom is 0.330 e. The molecule has 0 aromatic carbocycles. The fraction of sp³-hybridized carbons (Fsp3) is 0.455. The van der Waals surface area contributed by atoms with Gasteiger partial charge in [0.1, 0.15) is 0 Å². The quantitative estimate of drug-likeness (QED) is 0.238. The third kappa shape index (κ3) is 47.8. The summed E-state index contributed by atoms with van der Waals surface area (Å²) in [6, 6.07) is 0. The summed E-state index contributed by atoms with van der Waals surface area (Å²) in [6.07, 6.45) is 1.36. The van der Waals surface area contributed by atoms with Gasteiger partial charge in [0.2, 0.25) is 0 Å². The first-order valence-electron chi connectivity index (χ1n) is 9.30. The molecule has 33 heavy (non-hydrogen) atoms. The highest BCUT2D eigenvalue weighted by Gasteiger charge is 2.03. The van der Waals surface area contributed by atoms with Crippen molar-refractivity contribution in [1.82, 2.24) is 0 Å². The molecule has 192 valence electrons. The fourth-order valence-electron chi connectivity index (χ4n) is 0.620. The van der Waals surface area contributed by atoms with Crippen LogP contribution < -0.4 is 0 Å². The van der Waals surface area contributed by atoms with Crippen LogP contribution in [0.2, 0.25) is 0 Å². The van der Waals surface area contributed by atoms with Crippen LogP contribution in [0, 0.1) is 5.92 Å².